The number of nitrogens with one attached hydrogen (secondary N) is 1. The highest BCUT2D eigenvalue weighted by Crippen LogP contribution is 2.27. The Morgan fingerprint density at radius 1 is 1.21 bits per heavy atom. The smallest absolute Gasteiger partial charge is 0.145 e. The molecule has 1 N–H and O–H groups in total. The van der Waals surface area contributed by atoms with E-state index >= 15 is 0 Å². The van der Waals surface area contributed by atoms with Gasteiger partial charge in [-0.25, -0.2) is 4.98 Å². The van der Waals surface area contributed by atoms with E-state index in [1.165, 1.54) is 0 Å². The number of halogens is 2. The van der Waals surface area contributed by atoms with Crippen LogP contribution in [0, 0.1) is 0 Å². The molecule has 0 spiro atoms. The molecule has 0 aliphatic heterocycles. The lowest BCUT2D eigenvalue weighted by molar-refractivity contribution is 0.954. The summed E-state index contributed by atoms with van der Waals surface area (Å²) in [5.41, 5.74) is 1.71. The minimum Gasteiger partial charge on any atom is -0.369 e. The van der Waals surface area contributed by atoms with Gasteiger partial charge in [-0.15, -0.1) is 0 Å². The van der Waals surface area contributed by atoms with Crippen LogP contribution < -0.4 is 5.32 Å². The molecular weight excluding hydrogens is 281 g/mol. The molecule has 2 rings (SSSR count). The zero-order valence-electron chi connectivity index (χ0n) is 10.7. The Morgan fingerprint density at radius 2 is 2.05 bits per heavy atom. The average molecular weight is 296 g/mol. The SMILES string of the molecule is CCCNc1nc(Cc2ccccn2)c(Cl)cc1Cl. The van der Waals surface area contributed by atoms with Crippen molar-refractivity contribution >= 4 is 29.0 Å². The molecule has 0 bridgehead atoms. The summed E-state index contributed by atoms with van der Waals surface area (Å²) in [5, 5.41) is 4.31. The van der Waals surface area contributed by atoms with Crippen LogP contribution in [0.4, 0.5) is 5.82 Å². The van der Waals surface area contributed by atoms with Gasteiger partial charge >= 0.3 is 0 Å². The van der Waals surface area contributed by atoms with Crippen molar-refractivity contribution in [3.8, 4) is 0 Å². The molecular formula is C14H15Cl2N3. The number of hydrogen-bond donors (Lipinski definition) is 1. The summed E-state index contributed by atoms with van der Waals surface area (Å²) in [5.74, 6) is 0.679. The molecule has 19 heavy (non-hydrogen) atoms. The van der Waals surface area contributed by atoms with Gasteiger partial charge in [-0.2, -0.15) is 0 Å². The van der Waals surface area contributed by atoms with E-state index in [0.29, 0.717) is 22.3 Å². The second-order valence-electron chi connectivity index (χ2n) is 4.17. The second kappa shape index (κ2) is 6.73. The lowest BCUT2D eigenvalue weighted by atomic mass is 10.2. The highest BCUT2D eigenvalue weighted by molar-refractivity contribution is 6.36. The Kier molecular flexibility index (Phi) is 5.00. The van der Waals surface area contributed by atoms with Crippen molar-refractivity contribution in [1.29, 1.82) is 0 Å². The molecule has 100 valence electrons. The van der Waals surface area contributed by atoms with Crippen LogP contribution in [0.3, 0.4) is 0 Å². The van der Waals surface area contributed by atoms with Crippen LogP contribution >= 0.6 is 23.2 Å². The van der Waals surface area contributed by atoms with Crippen molar-refractivity contribution in [2.45, 2.75) is 19.8 Å². The van der Waals surface area contributed by atoms with Gasteiger partial charge in [0.1, 0.15) is 5.82 Å². The van der Waals surface area contributed by atoms with E-state index in [1.807, 2.05) is 18.2 Å². The van der Waals surface area contributed by atoms with E-state index in [0.717, 1.165) is 24.4 Å². The van der Waals surface area contributed by atoms with Crippen LogP contribution in [0.25, 0.3) is 0 Å². The van der Waals surface area contributed by atoms with E-state index in [4.69, 9.17) is 23.2 Å². The van der Waals surface area contributed by atoms with Crippen LogP contribution in [0.2, 0.25) is 10.0 Å². The van der Waals surface area contributed by atoms with Crippen LogP contribution in [0.5, 0.6) is 0 Å². The van der Waals surface area contributed by atoms with Gasteiger partial charge in [0, 0.05) is 24.9 Å². The molecule has 0 fully saturated rings. The normalized spacial score (nSPS) is 10.5. The maximum Gasteiger partial charge on any atom is 0.145 e. The Hall–Kier alpha value is -1.32. The molecule has 0 radical (unpaired) electrons. The fraction of sp³-hybridized carbons (Fsp3) is 0.286. The third-order valence-corrected chi connectivity index (χ3v) is 3.23. The molecule has 0 saturated heterocycles. The van der Waals surface area contributed by atoms with Crippen LogP contribution in [-0.4, -0.2) is 16.5 Å². The number of hydrogen-bond acceptors (Lipinski definition) is 3. The van der Waals surface area contributed by atoms with Crippen molar-refractivity contribution in [2.75, 3.05) is 11.9 Å². The summed E-state index contributed by atoms with van der Waals surface area (Å²) in [4.78, 5) is 8.77. The fourth-order valence-corrected chi connectivity index (χ4v) is 2.16. The summed E-state index contributed by atoms with van der Waals surface area (Å²) in [7, 11) is 0. The summed E-state index contributed by atoms with van der Waals surface area (Å²) in [6.07, 6.45) is 3.36. The van der Waals surface area contributed by atoms with E-state index in [-0.39, 0.29) is 0 Å². The maximum absolute atomic E-state index is 6.18. The van der Waals surface area contributed by atoms with Crippen molar-refractivity contribution in [3.05, 3.63) is 51.9 Å². The molecule has 0 aliphatic carbocycles. The molecule has 2 aromatic rings. The average Bonchev–Trinajstić information content (AvgIpc) is 2.42. The van der Waals surface area contributed by atoms with E-state index in [2.05, 4.69) is 22.2 Å². The molecule has 0 aromatic carbocycles. The first-order valence-corrected chi connectivity index (χ1v) is 6.95. The second-order valence-corrected chi connectivity index (χ2v) is 4.99. The van der Waals surface area contributed by atoms with Crippen LogP contribution in [-0.2, 0) is 6.42 Å². The standard InChI is InChI=1S/C14H15Cl2N3/c1-2-6-18-14-12(16)9-11(15)13(19-14)8-10-5-3-4-7-17-10/h3-5,7,9H,2,6,8H2,1H3,(H,18,19). The van der Waals surface area contributed by atoms with E-state index in [9.17, 15) is 0 Å². The first kappa shape index (κ1) is 14.1. The zero-order chi connectivity index (χ0) is 13.7. The van der Waals surface area contributed by atoms with Crippen molar-refractivity contribution in [2.24, 2.45) is 0 Å². The van der Waals surface area contributed by atoms with Crippen LogP contribution in [0.1, 0.15) is 24.7 Å². The Balaban J connectivity index is 2.24. The summed E-state index contributed by atoms with van der Waals surface area (Å²) >= 11 is 12.3. The number of rotatable bonds is 5. The van der Waals surface area contributed by atoms with Gasteiger partial charge in [0.2, 0.25) is 0 Å². The van der Waals surface area contributed by atoms with E-state index in [1.54, 1.807) is 12.3 Å². The van der Waals surface area contributed by atoms with Gasteiger partial charge in [0.05, 0.1) is 15.7 Å². The number of aromatic nitrogens is 2. The molecule has 2 aromatic heterocycles. The highest BCUT2D eigenvalue weighted by atomic mass is 35.5. The largest absolute Gasteiger partial charge is 0.369 e. The van der Waals surface area contributed by atoms with E-state index < -0.39 is 0 Å². The van der Waals surface area contributed by atoms with Gasteiger partial charge < -0.3 is 5.32 Å². The Labute approximate surface area is 123 Å². The molecule has 0 unspecified atom stereocenters. The van der Waals surface area contributed by atoms with Crippen molar-refractivity contribution in [1.82, 2.24) is 9.97 Å². The van der Waals surface area contributed by atoms with Gasteiger partial charge in [0.15, 0.2) is 0 Å². The molecule has 0 atom stereocenters. The van der Waals surface area contributed by atoms with Gasteiger partial charge in [-0.05, 0) is 24.6 Å². The predicted octanol–water partition coefficient (Wildman–Crippen LogP) is 4.20. The fourth-order valence-electron chi connectivity index (χ4n) is 1.67. The number of anilines is 1. The summed E-state index contributed by atoms with van der Waals surface area (Å²) < 4.78 is 0. The Morgan fingerprint density at radius 3 is 2.74 bits per heavy atom. The van der Waals surface area contributed by atoms with Gasteiger partial charge in [0.25, 0.3) is 0 Å². The minimum absolute atomic E-state index is 0.545. The lowest BCUT2D eigenvalue weighted by Gasteiger charge is -2.10. The third kappa shape index (κ3) is 3.82. The van der Waals surface area contributed by atoms with Crippen LogP contribution in [0.15, 0.2) is 30.5 Å². The number of nitrogens with zero attached hydrogens (tertiary/aromatic N) is 2. The molecule has 5 heteroatoms. The molecule has 0 saturated carbocycles. The molecule has 3 nitrogen and oxygen atoms in total. The Bertz CT molecular complexity index is 544. The minimum atomic E-state index is 0.545. The lowest BCUT2D eigenvalue weighted by Crippen LogP contribution is -2.05. The topological polar surface area (TPSA) is 37.8 Å². The van der Waals surface area contributed by atoms with Crippen molar-refractivity contribution < 1.29 is 0 Å². The number of pyridine rings is 2. The third-order valence-electron chi connectivity index (χ3n) is 2.62. The first-order chi connectivity index (χ1) is 9.20. The first-order valence-electron chi connectivity index (χ1n) is 6.19. The molecule has 0 amide bonds. The predicted molar refractivity (Wildman–Crippen MR) is 80.1 cm³/mol. The summed E-state index contributed by atoms with van der Waals surface area (Å²) in [6, 6.07) is 7.51. The van der Waals surface area contributed by atoms with Crippen molar-refractivity contribution in [3.63, 3.8) is 0 Å². The summed E-state index contributed by atoms with van der Waals surface area (Å²) in [6.45, 7) is 2.92. The van der Waals surface area contributed by atoms with Gasteiger partial charge in [-0.1, -0.05) is 36.2 Å². The molecule has 2 heterocycles. The quantitative estimate of drug-likeness (QED) is 0.898. The highest BCUT2D eigenvalue weighted by Gasteiger charge is 2.10. The monoisotopic (exact) mass is 295 g/mol. The zero-order valence-corrected chi connectivity index (χ0v) is 12.2. The maximum atomic E-state index is 6.18. The molecule has 0 aliphatic rings. The van der Waals surface area contributed by atoms with Gasteiger partial charge in [-0.3, -0.25) is 4.98 Å².